The molecule has 0 aliphatic heterocycles. The van der Waals surface area contributed by atoms with Crippen LogP contribution in [-0.4, -0.2) is 15.7 Å². The lowest BCUT2D eigenvalue weighted by Crippen LogP contribution is -1.93. The van der Waals surface area contributed by atoms with Crippen molar-refractivity contribution in [3.05, 3.63) is 45.8 Å². The van der Waals surface area contributed by atoms with Crippen LogP contribution in [0.1, 0.15) is 10.5 Å². The van der Waals surface area contributed by atoms with Crippen molar-refractivity contribution in [3.8, 4) is 11.6 Å². The summed E-state index contributed by atoms with van der Waals surface area (Å²) < 4.78 is 20.9. The highest BCUT2D eigenvalue weighted by Crippen LogP contribution is 2.32. The van der Waals surface area contributed by atoms with Crippen LogP contribution in [0.4, 0.5) is 4.39 Å². The number of hydrogen-bond acceptors (Lipinski definition) is 4. The lowest BCUT2D eigenvalue weighted by Gasteiger charge is -2.05. The van der Waals surface area contributed by atoms with E-state index in [1.807, 2.05) is 5.38 Å². The van der Waals surface area contributed by atoms with Gasteiger partial charge in [-0.2, -0.15) is 4.98 Å². The Morgan fingerprint density at radius 2 is 2.32 bits per heavy atom. The van der Waals surface area contributed by atoms with Crippen molar-refractivity contribution in [2.45, 2.75) is 0 Å². The molecular weight excluding hydrogens is 335 g/mol. The SMILES string of the molecule is O=Cc1c(Oc2cc(F)ccc2Br)nc2sccn12. The van der Waals surface area contributed by atoms with Crippen LogP contribution < -0.4 is 4.74 Å². The van der Waals surface area contributed by atoms with Crippen LogP contribution in [-0.2, 0) is 0 Å². The Morgan fingerprint density at radius 3 is 3.11 bits per heavy atom. The molecule has 3 rings (SSSR count). The molecule has 4 nitrogen and oxygen atoms in total. The molecule has 0 aliphatic carbocycles. The van der Waals surface area contributed by atoms with Gasteiger partial charge in [0.15, 0.2) is 16.9 Å². The number of thiazole rings is 1. The van der Waals surface area contributed by atoms with Gasteiger partial charge in [0.1, 0.15) is 11.6 Å². The molecule has 0 amide bonds. The van der Waals surface area contributed by atoms with Gasteiger partial charge in [-0.1, -0.05) is 0 Å². The predicted octanol–water partition coefficient (Wildman–Crippen LogP) is 3.90. The standard InChI is InChI=1S/C12H6BrFN2O2S/c13-8-2-1-7(14)5-10(8)18-11-9(6-17)16-3-4-19-12(16)15-11/h1-6H. The topological polar surface area (TPSA) is 43.6 Å². The summed E-state index contributed by atoms with van der Waals surface area (Å²) in [5.74, 6) is 0.00822. The second-order valence-corrected chi connectivity index (χ2v) is 5.38. The maximum atomic E-state index is 13.2. The number of fused-ring (bicyclic) bond motifs is 1. The van der Waals surface area contributed by atoms with E-state index in [1.165, 1.54) is 29.5 Å². The van der Waals surface area contributed by atoms with E-state index >= 15 is 0 Å². The van der Waals surface area contributed by atoms with Gasteiger partial charge in [-0.25, -0.2) is 4.39 Å². The number of aldehydes is 1. The van der Waals surface area contributed by atoms with Crippen LogP contribution >= 0.6 is 27.3 Å². The summed E-state index contributed by atoms with van der Waals surface area (Å²) in [4.78, 5) is 16.0. The van der Waals surface area contributed by atoms with Gasteiger partial charge in [-0.15, -0.1) is 11.3 Å². The second kappa shape index (κ2) is 4.75. The molecule has 2 heterocycles. The van der Waals surface area contributed by atoms with Crippen LogP contribution in [0, 0.1) is 5.82 Å². The number of ether oxygens (including phenoxy) is 1. The zero-order valence-corrected chi connectivity index (χ0v) is 11.7. The van der Waals surface area contributed by atoms with Crippen molar-refractivity contribution in [3.63, 3.8) is 0 Å². The van der Waals surface area contributed by atoms with E-state index in [-0.39, 0.29) is 11.6 Å². The van der Waals surface area contributed by atoms with Gasteiger partial charge in [-0.05, 0) is 28.1 Å². The number of hydrogen-bond donors (Lipinski definition) is 0. The molecule has 0 atom stereocenters. The molecule has 0 fully saturated rings. The number of imidazole rings is 1. The lowest BCUT2D eigenvalue weighted by atomic mass is 10.3. The molecule has 2 aromatic heterocycles. The Kier molecular flexibility index (Phi) is 3.08. The van der Waals surface area contributed by atoms with Crippen LogP contribution in [0.3, 0.4) is 0 Å². The van der Waals surface area contributed by atoms with Gasteiger partial charge in [0.05, 0.1) is 4.47 Å². The van der Waals surface area contributed by atoms with Gasteiger partial charge in [0, 0.05) is 17.6 Å². The molecule has 96 valence electrons. The first-order chi connectivity index (χ1) is 9.19. The van der Waals surface area contributed by atoms with Crippen molar-refractivity contribution in [2.24, 2.45) is 0 Å². The molecule has 0 saturated heterocycles. The quantitative estimate of drug-likeness (QED) is 0.679. The second-order valence-electron chi connectivity index (χ2n) is 3.65. The highest BCUT2D eigenvalue weighted by Gasteiger charge is 2.16. The average molecular weight is 341 g/mol. The zero-order chi connectivity index (χ0) is 13.4. The molecule has 19 heavy (non-hydrogen) atoms. The van der Waals surface area contributed by atoms with Crippen molar-refractivity contribution in [1.29, 1.82) is 0 Å². The molecule has 7 heteroatoms. The number of carbonyl (C=O) groups excluding carboxylic acids is 1. The third-order valence-electron chi connectivity index (χ3n) is 2.48. The number of nitrogens with zero attached hydrogens (tertiary/aromatic N) is 2. The minimum Gasteiger partial charge on any atom is -0.436 e. The molecule has 3 aromatic rings. The fraction of sp³-hybridized carbons (Fsp3) is 0. The van der Waals surface area contributed by atoms with Crippen LogP contribution in [0.5, 0.6) is 11.6 Å². The highest BCUT2D eigenvalue weighted by atomic mass is 79.9. The van der Waals surface area contributed by atoms with E-state index in [4.69, 9.17) is 4.74 Å². The molecule has 0 aliphatic rings. The summed E-state index contributed by atoms with van der Waals surface area (Å²) in [6.45, 7) is 0. The van der Waals surface area contributed by atoms with Crippen molar-refractivity contribution in [1.82, 2.24) is 9.38 Å². The Bertz CT molecular complexity index is 768. The minimum absolute atomic E-state index is 0.160. The summed E-state index contributed by atoms with van der Waals surface area (Å²) in [5.41, 5.74) is 0.299. The van der Waals surface area contributed by atoms with E-state index in [2.05, 4.69) is 20.9 Å². The maximum absolute atomic E-state index is 13.2. The summed E-state index contributed by atoms with van der Waals surface area (Å²) in [6.07, 6.45) is 2.39. The van der Waals surface area contributed by atoms with Crippen LogP contribution in [0.2, 0.25) is 0 Å². The van der Waals surface area contributed by atoms with Gasteiger partial charge in [-0.3, -0.25) is 9.20 Å². The van der Waals surface area contributed by atoms with Crippen LogP contribution in [0.25, 0.3) is 4.96 Å². The van der Waals surface area contributed by atoms with Crippen LogP contribution in [0.15, 0.2) is 34.2 Å². The number of aromatic nitrogens is 2. The van der Waals surface area contributed by atoms with Gasteiger partial charge in [0.25, 0.3) is 0 Å². The number of carbonyl (C=O) groups is 1. The largest absolute Gasteiger partial charge is 0.436 e. The van der Waals surface area contributed by atoms with E-state index < -0.39 is 5.82 Å². The maximum Gasteiger partial charge on any atom is 0.250 e. The van der Waals surface area contributed by atoms with Gasteiger partial charge in [0.2, 0.25) is 5.88 Å². The molecule has 0 bridgehead atoms. The van der Waals surface area contributed by atoms with E-state index in [1.54, 1.807) is 10.6 Å². The minimum atomic E-state index is -0.424. The third-order valence-corrected chi connectivity index (χ3v) is 3.89. The Labute approximate surface area is 119 Å². The zero-order valence-electron chi connectivity index (χ0n) is 9.34. The molecule has 1 aromatic carbocycles. The first-order valence-electron chi connectivity index (χ1n) is 5.22. The monoisotopic (exact) mass is 340 g/mol. The molecule has 0 radical (unpaired) electrons. The van der Waals surface area contributed by atoms with E-state index in [0.29, 0.717) is 21.4 Å². The normalized spacial score (nSPS) is 10.8. The number of rotatable bonds is 3. The summed E-state index contributed by atoms with van der Waals surface area (Å²) >= 11 is 4.64. The van der Waals surface area contributed by atoms with Gasteiger partial charge >= 0.3 is 0 Å². The first kappa shape index (κ1) is 12.3. The fourth-order valence-corrected chi connectivity index (χ4v) is 2.67. The highest BCUT2D eigenvalue weighted by molar-refractivity contribution is 9.10. The summed E-state index contributed by atoms with van der Waals surface area (Å²) in [7, 11) is 0. The van der Waals surface area contributed by atoms with E-state index in [9.17, 15) is 9.18 Å². The molecule has 0 spiro atoms. The van der Waals surface area contributed by atoms with Crippen molar-refractivity contribution in [2.75, 3.05) is 0 Å². The smallest absolute Gasteiger partial charge is 0.250 e. The van der Waals surface area contributed by atoms with E-state index in [0.717, 1.165) is 0 Å². The molecule has 0 N–H and O–H groups in total. The Balaban J connectivity index is 2.07. The van der Waals surface area contributed by atoms with Crippen molar-refractivity contribution < 1.29 is 13.9 Å². The molecular formula is C12H6BrFN2O2S. The summed E-state index contributed by atoms with van der Waals surface area (Å²) in [6, 6.07) is 4.07. The summed E-state index contributed by atoms with van der Waals surface area (Å²) in [5, 5.41) is 1.82. The predicted molar refractivity (Wildman–Crippen MR) is 72.6 cm³/mol. The Morgan fingerprint density at radius 1 is 1.47 bits per heavy atom. The molecule has 0 unspecified atom stereocenters. The Hall–Kier alpha value is -1.73. The lowest BCUT2D eigenvalue weighted by molar-refractivity contribution is 0.111. The first-order valence-corrected chi connectivity index (χ1v) is 6.90. The van der Waals surface area contributed by atoms with Crippen molar-refractivity contribution >= 4 is 38.5 Å². The fourth-order valence-electron chi connectivity index (χ4n) is 1.63. The average Bonchev–Trinajstić information content (AvgIpc) is 2.94. The van der Waals surface area contributed by atoms with Gasteiger partial charge < -0.3 is 4.74 Å². The molecule has 0 saturated carbocycles. The third kappa shape index (κ3) is 2.15. The number of halogens is 2. The number of benzene rings is 1.